The summed E-state index contributed by atoms with van der Waals surface area (Å²) in [7, 11) is -0.896. The van der Waals surface area contributed by atoms with Gasteiger partial charge in [-0.1, -0.05) is 0 Å². The fraction of sp³-hybridized carbons (Fsp3) is 0.278. The van der Waals surface area contributed by atoms with Crippen LogP contribution in [0, 0.1) is 0 Å². The molecule has 1 amide bonds. The summed E-state index contributed by atoms with van der Waals surface area (Å²) in [5.41, 5.74) is 0.914. The number of amides is 1. The summed E-state index contributed by atoms with van der Waals surface area (Å²) in [4.78, 5) is 14.4. The Morgan fingerprint density at radius 1 is 1.15 bits per heavy atom. The van der Waals surface area contributed by atoms with Crippen LogP contribution >= 0.6 is 11.8 Å². The van der Waals surface area contributed by atoms with Gasteiger partial charge in [0.15, 0.2) is 0 Å². The van der Waals surface area contributed by atoms with Crippen LogP contribution in [0.15, 0.2) is 46.2 Å². The number of ether oxygens (including phenoxy) is 2. The van der Waals surface area contributed by atoms with Gasteiger partial charge in [-0.15, -0.1) is 11.8 Å². The standard InChI is InChI=1S/C18H20N2O5S2/c1-12(21)20-8-9-26-18-7-5-14(11-16(18)20)27(22,23)19-15-6-4-13(24-2)10-17(15)25-3/h4-7,10-11,19H,8-9H2,1-3H3. The lowest BCUT2D eigenvalue weighted by Gasteiger charge is -2.28. The molecular formula is C18H20N2O5S2. The number of sulfonamides is 1. The number of hydrogen-bond donors (Lipinski definition) is 1. The van der Waals surface area contributed by atoms with Crippen molar-refractivity contribution in [2.24, 2.45) is 0 Å². The minimum atomic E-state index is -3.87. The average Bonchev–Trinajstić information content (AvgIpc) is 2.67. The third-order valence-electron chi connectivity index (χ3n) is 4.14. The maximum Gasteiger partial charge on any atom is 0.262 e. The van der Waals surface area contributed by atoms with Crippen LogP contribution in [-0.4, -0.2) is 40.8 Å². The van der Waals surface area contributed by atoms with E-state index in [0.717, 1.165) is 10.6 Å². The minimum absolute atomic E-state index is 0.0767. The number of hydrogen-bond acceptors (Lipinski definition) is 6. The highest BCUT2D eigenvalue weighted by Gasteiger charge is 2.24. The first-order valence-electron chi connectivity index (χ1n) is 8.15. The van der Waals surface area contributed by atoms with Crippen molar-refractivity contribution in [3.05, 3.63) is 36.4 Å². The molecule has 1 N–H and O–H groups in total. The summed E-state index contributed by atoms with van der Waals surface area (Å²) in [5.74, 6) is 1.56. The molecule has 0 aliphatic carbocycles. The molecule has 0 saturated heterocycles. The van der Waals surface area contributed by atoms with Gasteiger partial charge in [0, 0.05) is 30.2 Å². The van der Waals surface area contributed by atoms with Crippen molar-refractivity contribution in [3.8, 4) is 11.5 Å². The van der Waals surface area contributed by atoms with Crippen LogP contribution in [0.4, 0.5) is 11.4 Å². The van der Waals surface area contributed by atoms with E-state index in [2.05, 4.69) is 4.72 Å². The van der Waals surface area contributed by atoms with Gasteiger partial charge < -0.3 is 14.4 Å². The number of nitrogens with one attached hydrogen (secondary N) is 1. The van der Waals surface area contributed by atoms with E-state index >= 15 is 0 Å². The quantitative estimate of drug-likeness (QED) is 0.819. The lowest BCUT2D eigenvalue weighted by atomic mass is 10.2. The Hall–Kier alpha value is -2.39. The SMILES string of the molecule is COc1ccc(NS(=O)(=O)c2ccc3c(c2)N(C(C)=O)CCS3)c(OC)c1. The summed E-state index contributed by atoms with van der Waals surface area (Å²) in [5, 5.41) is 0. The third kappa shape index (κ3) is 3.98. The van der Waals surface area contributed by atoms with Crippen LogP contribution < -0.4 is 19.1 Å². The highest BCUT2D eigenvalue weighted by molar-refractivity contribution is 7.99. The molecule has 0 bridgehead atoms. The van der Waals surface area contributed by atoms with E-state index in [0.29, 0.717) is 29.4 Å². The Bertz CT molecular complexity index is 976. The van der Waals surface area contributed by atoms with E-state index in [1.54, 1.807) is 40.9 Å². The Morgan fingerprint density at radius 2 is 1.93 bits per heavy atom. The molecule has 7 nitrogen and oxygen atoms in total. The maximum absolute atomic E-state index is 12.9. The average molecular weight is 409 g/mol. The van der Waals surface area contributed by atoms with Crippen molar-refractivity contribution < 1.29 is 22.7 Å². The Labute approximate surface area is 162 Å². The summed E-state index contributed by atoms with van der Waals surface area (Å²) in [6.07, 6.45) is 0. The van der Waals surface area contributed by atoms with E-state index in [1.807, 2.05) is 0 Å². The first-order chi connectivity index (χ1) is 12.9. The number of nitrogens with zero attached hydrogens (tertiary/aromatic N) is 1. The number of thioether (sulfide) groups is 1. The molecule has 1 aliphatic heterocycles. The van der Waals surface area contributed by atoms with Gasteiger partial charge >= 0.3 is 0 Å². The van der Waals surface area contributed by atoms with Crippen LogP contribution in [0.2, 0.25) is 0 Å². The summed E-state index contributed by atoms with van der Waals surface area (Å²) < 4.78 is 38.7. The molecule has 1 heterocycles. The van der Waals surface area contributed by atoms with Crippen molar-refractivity contribution in [1.82, 2.24) is 0 Å². The highest BCUT2D eigenvalue weighted by Crippen LogP contribution is 2.37. The van der Waals surface area contributed by atoms with E-state index in [1.165, 1.54) is 33.3 Å². The Kier molecular flexibility index (Phi) is 5.52. The maximum atomic E-state index is 12.9. The third-order valence-corrected chi connectivity index (χ3v) is 6.54. The number of methoxy groups -OCH3 is 2. The fourth-order valence-electron chi connectivity index (χ4n) is 2.78. The van der Waals surface area contributed by atoms with Gasteiger partial charge in [0.25, 0.3) is 10.0 Å². The number of carbonyl (C=O) groups excluding carboxylic acids is 1. The monoisotopic (exact) mass is 408 g/mol. The van der Waals surface area contributed by atoms with Crippen LogP contribution in [-0.2, 0) is 14.8 Å². The number of rotatable bonds is 5. The molecule has 0 spiro atoms. The van der Waals surface area contributed by atoms with Crippen LogP contribution in [0.25, 0.3) is 0 Å². The molecule has 0 atom stereocenters. The molecule has 144 valence electrons. The molecule has 2 aromatic rings. The van der Waals surface area contributed by atoms with Crippen molar-refractivity contribution in [3.63, 3.8) is 0 Å². The van der Waals surface area contributed by atoms with E-state index in [9.17, 15) is 13.2 Å². The van der Waals surface area contributed by atoms with Gasteiger partial charge in [-0.3, -0.25) is 9.52 Å². The topological polar surface area (TPSA) is 84.9 Å². The molecule has 1 aliphatic rings. The van der Waals surface area contributed by atoms with Gasteiger partial charge in [0.2, 0.25) is 5.91 Å². The van der Waals surface area contributed by atoms with Crippen LogP contribution in [0.5, 0.6) is 11.5 Å². The lowest BCUT2D eigenvalue weighted by molar-refractivity contribution is -0.116. The van der Waals surface area contributed by atoms with Gasteiger partial charge in [-0.25, -0.2) is 8.42 Å². The minimum Gasteiger partial charge on any atom is -0.497 e. The Morgan fingerprint density at radius 3 is 2.59 bits per heavy atom. The summed E-state index contributed by atoms with van der Waals surface area (Å²) in [6.45, 7) is 2.03. The second-order valence-electron chi connectivity index (χ2n) is 5.82. The van der Waals surface area contributed by atoms with Gasteiger partial charge in [0.1, 0.15) is 11.5 Å². The van der Waals surface area contributed by atoms with Crippen LogP contribution in [0.3, 0.4) is 0 Å². The van der Waals surface area contributed by atoms with Crippen molar-refractivity contribution >= 4 is 39.1 Å². The zero-order valence-corrected chi connectivity index (χ0v) is 16.8. The first kappa shape index (κ1) is 19.4. The fourth-order valence-corrected chi connectivity index (χ4v) is 4.84. The predicted octanol–water partition coefficient (Wildman–Crippen LogP) is 2.96. The molecular weight excluding hydrogens is 388 g/mol. The number of fused-ring (bicyclic) bond motifs is 1. The van der Waals surface area contributed by atoms with Crippen molar-refractivity contribution in [1.29, 1.82) is 0 Å². The lowest BCUT2D eigenvalue weighted by Crippen LogP contribution is -2.33. The van der Waals surface area contributed by atoms with Gasteiger partial charge in [-0.05, 0) is 30.3 Å². The van der Waals surface area contributed by atoms with Crippen molar-refractivity contribution in [2.45, 2.75) is 16.7 Å². The predicted molar refractivity (Wildman–Crippen MR) is 106 cm³/mol. The zero-order chi connectivity index (χ0) is 19.6. The smallest absolute Gasteiger partial charge is 0.262 e. The molecule has 3 rings (SSSR count). The Balaban J connectivity index is 1.96. The largest absolute Gasteiger partial charge is 0.497 e. The number of carbonyl (C=O) groups is 1. The molecule has 0 saturated carbocycles. The highest BCUT2D eigenvalue weighted by atomic mass is 32.2. The molecule has 0 radical (unpaired) electrons. The molecule has 0 unspecified atom stereocenters. The van der Waals surface area contributed by atoms with E-state index < -0.39 is 10.0 Å². The first-order valence-corrected chi connectivity index (χ1v) is 10.6. The van der Waals surface area contributed by atoms with Crippen LogP contribution in [0.1, 0.15) is 6.92 Å². The number of anilines is 2. The van der Waals surface area contributed by atoms with Gasteiger partial charge in [-0.2, -0.15) is 0 Å². The van der Waals surface area contributed by atoms with Gasteiger partial charge in [0.05, 0.1) is 30.5 Å². The summed E-state index contributed by atoms with van der Waals surface area (Å²) in [6, 6.07) is 9.61. The zero-order valence-electron chi connectivity index (χ0n) is 15.2. The number of benzene rings is 2. The molecule has 0 fully saturated rings. The second-order valence-corrected chi connectivity index (χ2v) is 8.64. The summed E-state index contributed by atoms with van der Waals surface area (Å²) >= 11 is 1.60. The normalized spacial score (nSPS) is 13.7. The second kappa shape index (κ2) is 7.69. The van der Waals surface area contributed by atoms with E-state index in [4.69, 9.17) is 9.47 Å². The molecule has 9 heteroatoms. The van der Waals surface area contributed by atoms with Crippen molar-refractivity contribution in [2.75, 3.05) is 36.1 Å². The molecule has 2 aromatic carbocycles. The van der Waals surface area contributed by atoms with E-state index in [-0.39, 0.29) is 10.8 Å². The molecule has 0 aromatic heterocycles. The molecule has 27 heavy (non-hydrogen) atoms.